The molecule has 0 fully saturated rings. The van der Waals surface area contributed by atoms with Crippen molar-refractivity contribution in [3.05, 3.63) is 69.8 Å². The zero-order chi connectivity index (χ0) is 26.1. The van der Waals surface area contributed by atoms with Gasteiger partial charge in [-0.1, -0.05) is 18.2 Å². The van der Waals surface area contributed by atoms with Gasteiger partial charge in [0, 0.05) is 29.9 Å². The van der Waals surface area contributed by atoms with E-state index in [4.69, 9.17) is 20.3 Å². The van der Waals surface area contributed by atoms with Gasteiger partial charge >= 0.3 is 12.1 Å². The number of carbonyl (C=O) groups is 2. The van der Waals surface area contributed by atoms with Crippen molar-refractivity contribution in [2.24, 2.45) is 5.73 Å². The van der Waals surface area contributed by atoms with Crippen LogP contribution in [0, 0.1) is 10.1 Å². The highest BCUT2D eigenvalue weighted by Gasteiger charge is 2.58. The maximum absolute atomic E-state index is 12.1. The predicted octanol–water partition coefficient (Wildman–Crippen LogP) is 3.02. The number of carbonyl (C=O) groups excluding carboxylic acids is 1. The minimum Gasteiger partial charge on any atom is -0.480 e. The summed E-state index contributed by atoms with van der Waals surface area (Å²) in [4.78, 5) is 35.7. The fourth-order valence-electron chi connectivity index (χ4n) is 4.73. The maximum atomic E-state index is 12.1. The molecule has 4 rings (SSSR count). The Labute approximate surface area is 207 Å². The highest BCUT2D eigenvalue weighted by molar-refractivity contribution is 5.74. The smallest absolute Gasteiger partial charge is 0.407 e. The minimum atomic E-state index is -1.14. The molecule has 1 unspecified atom stereocenters. The van der Waals surface area contributed by atoms with Gasteiger partial charge in [0.25, 0.3) is 5.69 Å². The molecule has 2 aliphatic heterocycles. The number of para-hydroxylation sites is 1. The molecule has 2 aromatic rings. The lowest BCUT2D eigenvalue weighted by atomic mass is 9.76. The molecule has 11 heteroatoms. The van der Waals surface area contributed by atoms with E-state index in [1.54, 1.807) is 6.07 Å². The van der Waals surface area contributed by atoms with Crippen molar-refractivity contribution >= 4 is 29.5 Å². The van der Waals surface area contributed by atoms with Gasteiger partial charge in [0.2, 0.25) is 5.72 Å². The molecule has 1 spiro atoms. The SMILES string of the molecule is CC1(C)c2ccccc2N(CCOC(=O)NCC[C@H](N)C(=O)O)C12C=Cc1cc([N+](=O)[O-])ccc1O2. The van der Waals surface area contributed by atoms with Crippen molar-refractivity contribution in [3.8, 4) is 5.75 Å². The van der Waals surface area contributed by atoms with Gasteiger partial charge < -0.3 is 30.5 Å². The first-order valence-corrected chi connectivity index (χ1v) is 11.5. The van der Waals surface area contributed by atoms with E-state index in [2.05, 4.69) is 19.2 Å². The van der Waals surface area contributed by atoms with Crippen LogP contribution in [-0.2, 0) is 14.9 Å². The molecule has 36 heavy (non-hydrogen) atoms. The number of anilines is 1. The van der Waals surface area contributed by atoms with Crippen molar-refractivity contribution in [2.75, 3.05) is 24.6 Å². The summed E-state index contributed by atoms with van der Waals surface area (Å²) in [7, 11) is 0. The number of nitrogens with zero attached hydrogens (tertiary/aromatic N) is 2. The number of amides is 1. The molecule has 11 nitrogen and oxygen atoms in total. The number of alkyl carbamates (subject to hydrolysis) is 1. The molecule has 1 amide bonds. The molecular weight excluding hydrogens is 468 g/mol. The molecule has 0 bridgehead atoms. The predicted molar refractivity (Wildman–Crippen MR) is 132 cm³/mol. The van der Waals surface area contributed by atoms with Gasteiger partial charge in [0.15, 0.2) is 0 Å². The summed E-state index contributed by atoms with van der Waals surface area (Å²) in [6.07, 6.45) is 3.13. The number of carboxylic acids is 1. The summed E-state index contributed by atoms with van der Waals surface area (Å²) in [5.41, 5.74) is 6.52. The second kappa shape index (κ2) is 9.50. The molecule has 2 aromatic carbocycles. The molecule has 0 radical (unpaired) electrons. The first-order valence-electron chi connectivity index (χ1n) is 11.5. The quantitative estimate of drug-likeness (QED) is 0.369. The Morgan fingerprint density at radius 2 is 2.03 bits per heavy atom. The lowest BCUT2D eigenvalue weighted by Crippen LogP contribution is -2.60. The summed E-state index contributed by atoms with van der Waals surface area (Å²) in [6, 6.07) is 11.3. The van der Waals surface area contributed by atoms with Crippen molar-refractivity contribution < 1.29 is 29.1 Å². The van der Waals surface area contributed by atoms with E-state index in [1.807, 2.05) is 41.3 Å². The monoisotopic (exact) mass is 496 g/mol. The number of hydrogen-bond donors (Lipinski definition) is 3. The number of hydrogen-bond acceptors (Lipinski definition) is 8. The van der Waals surface area contributed by atoms with Gasteiger partial charge in [-0.05, 0) is 50.1 Å². The van der Waals surface area contributed by atoms with Gasteiger partial charge in [-0.2, -0.15) is 0 Å². The van der Waals surface area contributed by atoms with E-state index in [9.17, 15) is 19.7 Å². The number of aliphatic carboxylic acids is 1. The van der Waals surface area contributed by atoms with Crippen LogP contribution in [0.3, 0.4) is 0 Å². The van der Waals surface area contributed by atoms with Crippen LogP contribution in [0.25, 0.3) is 6.08 Å². The van der Waals surface area contributed by atoms with Gasteiger partial charge in [0.1, 0.15) is 18.4 Å². The second-order valence-corrected chi connectivity index (χ2v) is 9.20. The molecule has 2 aliphatic rings. The molecule has 2 atom stereocenters. The standard InChI is InChI=1S/C25H28N4O7/c1-24(2)18-5-3-4-6-20(18)28(13-14-35-23(32)27-12-10-19(26)22(30)31)25(24)11-9-16-15-17(29(33)34)7-8-21(16)36-25/h3-9,11,15,19H,10,12-14,26H2,1-2H3,(H,27,32)(H,30,31)/t19-,25?/m0/s1. The fourth-order valence-corrected chi connectivity index (χ4v) is 4.73. The summed E-state index contributed by atoms with van der Waals surface area (Å²) in [5, 5.41) is 22.5. The van der Waals surface area contributed by atoms with Crippen LogP contribution in [0.2, 0.25) is 0 Å². The molecular formula is C25H28N4O7. The maximum Gasteiger partial charge on any atom is 0.407 e. The van der Waals surface area contributed by atoms with Crippen LogP contribution in [0.5, 0.6) is 5.75 Å². The van der Waals surface area contributed by atoms with E-state index in [1.165, 1.54) is 12.1 Å². The number of benzene rings is 2. The lowest BCUT2D eigenvalue weighted by Gasteiger charge is -2.47. The first-order chi connectivity index (χ1) is 17.1. The molecule has 0 saturated heterocycles. The zero-order valence-electron chi connectivity index (χ0n) is 20.0. The van der Waals surface area contributed by atoms with Gasteiger partial charge in [-0.3, -0.25) is 14.9 Å². The zero-order valence-corrected chi connectivity index (χ0v) is 20.0. The summed E-state index contributed by atoms with van der Waals surface area (Å²) < 4.78 is 11.9. The number of nitro benzene ring substituents is 1. The number of nitro groups is 1. The van der Waals surface area contributed by atoms with Crippen LogP contribution in [0.15, 0.2) is 48.5 Å². The van der Waals surface area contributed by atoms with Crippen molar-refractivity contribution in [1.82, 2.24) is 5.32 Å². The van der Waals surface area contributed by atoms with Crippen LogP contribution in [-0.4, -0.2) is 53.6 Å². The Morgan fingerprint density at radius 1 is 1.28 bits per heavy atom. The normalized spacial score (nSPS) is 19.7. The third kappa shape index (κ3) is 4.33. The highest BCUT2D eigenvalue weighted by Crippen LogP contribution is 2.54. The average molecular weight is 497 g/mol. The molecule has 0 saturated carbocycles. The number of non-ortho nitro benzene ring substituents is 1. The van der Waals surface area contributed by atoms with Crippen LogP contribution < -0.4 is 20.7 Å². The van der Waals surface area contributed by atoms with Crippen LogP contribution in [0.4, 0.5) is 16.2 Å². The van der Waals surface area contributed by atoms with Crippen LogP contribution >= 0.6 is 0 Å². The molecule has 0 aliphatic carbocycles. The number of nitrogens with one attached hydrogen (secondary N) is 1. The van der Waals surface area contributed by atoms with E-state index in [0.717, 1.165) is 11.3 Å². The third-order valence-electron chi connectivity index (χ3n) is 6.71. The summed E-state index contributed by atoms with van der Waals surface area (Å²) >= 11 is 0. The van der Waals surface area contributed by atoms with E-state index in [0.29, 0.717) is 17.9 Å². The lowest BCUT2D eigenvalue weighted by molar-refractivity contribution is -0.384. The number of nitrogens with two attached hydrogens (primary N) is 1. The molecule has 190 valence electrons. The van der Waals surface area contributed by atoms with E-state index >= 15 is 0 Å². The Bertz CT molecular complexity index is 1230. The van der Waals surface area contributed by atoms with Crippen molar-refractivity contribution in [3.63, 3.8) is 0 Å². The first kappa shape index (κ1) is 25.0. The minimum absolute atomic E-state index is 0.0208. The Morgan fingerprint density at radius 3 is 2.75 bits per heavy atom. The third-order valence-corrected chi connectivity index (χ3v) is 6.71. The molecule has 2 heterocycles. The summed E-state index contributed by atoms with van der Waals surface area (Å²) in [6.45, 7) is 4.53. The van der Waals surface area contributed by atoms with Gasteiger partial charge in [-0.15, -0.1) is 0 Å². The van der Waals surface area contributed by atoms with Gasteiger partial charge in [0.05, 0.1) is 16.9 Å². The second-order valence-electron chi connectivity index (χ2n) is 9.20. The number of ether oxygens (including phenoxy) is 2. The number of fused-ring (bicyclic) bond motifs is 2. The average Bonchev–Trinajstić information content (AvgIpc) is 3.02. The Balaban J connectivity index is 1.53. The van der Waals surface area contributed by atoms with Crippen LogP contribution in [0.1, 0.15) is 31.4 Å². The largest absolute Gasteiger partial charge is 0.480 e. The molecule has 4 N–H and O–H groups in total. The number of rotatable bonds is 8. The highest BCUT2D eigenvalue weighted by atomic mass is 16.6. The molecule has 0 aromatic heterocycles. The Hall–Kier alpha value is -4.12. The van der Waals surface area contributed by atoms with Crippen molar-refractivity contribution in [2.45, 2.75) is 37.5 Å². The van der Waals surface area contributed by atoms with E-state index < -0.39 is 34.2 Å². The van der Waals surface area contributed by atoms with E-state index in [-0.39, 0.29) is 25.3 Å². The Kier molecular flexibility index (Phi) is 6.59. The number of carboxylic acid groups (broad SMARTS) is 1. The summed E-state index contributed by atoms with van der Waals surface area (Å²) in [5.74, 6) is -0.620. The van der Waals surface area contributed by atoms with Crippen molar-refractivity contribution in [1.29, 1.82) is 0 Å². The topological polar surface area (TPSA) is 157 Å². The van der Waals surface area contributed by atoms with Gasteiger partial charge in [-0.25, -0.2) is 4.79 Å². The fraction of sp³-hybridized carbons (Fsp3) is 0.360.